The predicted molar refractivity (Wildman–Crippen MR) is 86.1 cm³/mol. The predicted octanol–water partition coefficient (Wildman–Crippen LogP) is 2.55. The van der Waals surface area contributed by atoms with E-state index in [1.165, 1.54) is 6.08 Å². The highest BCUT2D eigenvalue weighted by Crippen LogP contribution is 2.17. The highest BCUT2D eigenvalue weighted by atomic mass is 35.5. The van der Waals surface area contributed by atoms with Gasteiger partial charge in [0.05, 0.1) is 0 Å². The molecule has 2 amide bonds. The minimum atomic E-state index is -0.203. The van der Waals surface area contributed by atoms with Crippen LogP contribution in [0.3, 0.4) is 0 Å². The standard InChI is InChI=1S/C16H21ClN2O2/c1-11(2)16(21)19-9-8-18-15(20)7-6-13-5-4-12(3)14(17)10-13/h4-7,10-11H,8-9H2,1-3H3,(H,18,20)(H,19,21). The molecule has 0 aliphatic heterocycles. The van der Waals surface area contributed by atoms with Gasteiger partial charge < -0.3 is 10.6 Å². The highest BCUT2D eigenvalue weighted by molar-refractivity contribution is 6.31. The molecule has 0 saturated heterocycles. The molecule has 1 rings (SSSR count). The van der Waals surface area contributed by atoms with Crippen molar-refractivity contribution in [3.63, 3.8) is 0 Å². The Bertz CT molecular complexity index is 539. The van der Waals surface area contributed by atoms with Crippen LogP contribution in [0.4, 0.5) is 0 Å². The van der Waals surface area contributed by atoms with Gasteiger partial charge in [-0.3, -0.25) is 9.59 Å². The first-order valence-electron chi connectivity index (χ1n) is 6.90. The van der Waals surface area contributed by atoms with Gasteiger partial charge >= 0.3 is 0 Å². The van der Waals surface area contributed by atoms with Crippen molar-refractivity contribution in [2.75, 3.05) is 13.1 Å². The molecular formula is C16H21ClN2O2. The van der Waals surface area contributed by atoms with Gasteiger partial charge in [0.25, 0.3) is 0 Å². The topological polar surface area (TPSA) is 58.2 Å². The summed E-state index contributed by atoms with van der Waals surface area (Å²) >= 11 is 6.01. The van der Waals surface area contributed by atoms with Gasteiger partial charge in [0.1, 0.15) is 0 Å². The Morgan fingerprint density at radius 3 is 2.52 bits per heavy atom. The zero-order valence-electron chi connectivity index (χ0n) is 12.6. The molecule has 0 spiro atoms. The zero-order chi connectivity index (χ0) is 15.8. The summed E-state index contributed by atoms with van der Waals surface area (Å²) in [5.41, 5.74) is 1.87. The molecular weight excluding hydrogens is 288 g/mol. The maximum Gasteiger partial charge on any atom is 0.244 e. The largest absolute Gasteiger partial charge is 0.354 e. The van der Waals surface area contributed by atoms with E-state index in [2.05, 4.69) is 10.6 Å². The van der Waals surface area contributed by atoms with Gasteiger partial charge in [-0.25, -0.2) is 0 Å². The number of carbonyl (C=O) groups excluding carboxylic acids is 2. The third-order valence-electron chi connectivity index (χ3n) is 2.87. The Morgan fingerprint density at radius 2 is 1.90 bits per heavy atom. The molecule has 5 heteroatoms. The number of nitrogens with one attached hydrogen (secondary N) is 2. The second-order valence-electron chi connectivity index (χ2n) is 5.08. The number of hydrogen-bond donors (Lipinski definition) is 2. The number of aryl methyl sites for hydroxylation is 1. The summed E-state index contributed by atoms with van der Waals surface area (Å²) in [4.78, 5) is 22.9. The lowest BCUT2D eigenvalue weighted by Crippen LogP contribution is -2.35. The Labute approximate surface area is 130 Å². The second kappa shape index (κ2) is 8.47. The van der Waals surface area contributed by atoms with E-state index in [-0.39, 0.29) is 17.7 Å². The second-order valence-corrected chi connectivity index (χ2v) is 5.49. The summed E-state index contributed by atoms with van der Waals surface area (Å²) in [5.74, 6) is -0.272. The summed E-state index contributed by atoms with van der Waals surface area (Å²) in [6.45, 7) is 6.39. The zero-order valence-corrected chi connectivity index (χ0v) is 13.3. The van der Waals surface area contributed by atoms with Crippen LogP contribution in [0.25, 0.3) is 6.08 Å². The van der Waals surface area contributed by atoms with Crippen molar-refractivity contribution in [1.82, 2.24) is 10.6 Å². The Kier molecular flexibility index (Phi) is 6.96. The van der Waals surface area contributed by atoms with Crippen LogP contribution < -0.4 is 10.6 Å². The molecule has 0 heterocycles. The average Bonchev–Trinajstić information content (AvgIpc) is 2.44. The number of carbonyl (C=O) groups is 2. The lowest BCUT2D eigenvalue weighted by atomic mass is 10.1. The van der Waals surface area contributed by atoms with E-state index in [9.17, 15) is 9.59 Å². The average molecular weight is 309 g/mol. The van der Waals surface area contributed by atoms with E-state index in [1.807, 2.05) is 39.0 Å². The van der Waals surface area contributed by atoms with Gasteiger partial charge in [-0.15, -0.1) is 0 Å². The molecule has 4 nitrogen and oxygen atoms in total. The van der Waals surface area contributed by atoms with Crippen LogP contribution in [0.5, 0.6) is 0 Å². The van der Waals surface area contributed by atoms with Crippen molar-refractivity contribution in [2.45, 2.75) is 20.8 Å². The molecule has 0 radical (unpaired) electrons. The quantitative estimate of drug-likeness (QED) is 0.627. The Morgan fingerprint density at radius 1 is 1.24 bits per heavy atom. The Balaban J connectivity index is 2.34. The van der Waals surface area contributed by atoms with Crippen LogP contribution in [0, 0.1) is 12.8 Å². The molecule has 2 N–H and O–H groups in total. The fourth-order valence-electron chi connectivity index (χ4n) is 1.52. The summed E-state index contributed by atoms with van der Waals surface area (Å²) in [6.07, 6.45) is 3.15. The van der Waals surface area contributed by atoms with E-state index in [0.717, 1.165) is 11.1 Å². The number of hydrogen-bond acceptors (Lipinski definition) is 2. The van der Waals surface area contributed by atoms with Crippen molar-refractivity contribution in [3.8, 4) is 0 Å². The van der Waals surface area contributed by atoms with Gasteiger partial charge in [-0.05, 0) is 30.2 Å². The minimum absolute atomic E-state index is 0.0194. The van der Waals surface area contributed by atoms with Crippen LogP contribution in [-0.4, -0.2) is 24.9 Å². The van der Waals surface area contributed by atoms with Gasteiger partial charge in [0.2, 0.25) is 11.8 Å². The Hall–Kier alpha value is -1.81. The third kappa shape index (κ3) is 6.45. The summed E-state index contributed by atoms with van der Waals surface area (Å²) < 4.78 is 0. The van der Waals surface area contributed by atoms with Gasteiger partial charge in [0, 0.05) is 30.1 Å². The molecule has 0 bridgehead atoms. The first-order chi connectivity index (χ1) is 9.90. The fourth-order valence-corrected chi connectivity index (χ4v) is 1.71. The molecule has 0 aliphatic rings. The molecule has 0 saturated carbocycles. The normalized spacial score (nSPS) is 10.9. The first kappa shape index (κ1) is 17.2. The minimum Gasteiger partial charge on any atom is -0.354 e. The molecule has 114 valence electrons. The van der Waals surface area contributed by atoms with E-state index in [1.54, 1.807) is 6.08 Å². The van der Waals surface area contributed by atoms with Crippen molar-refractivity contribution >= 4 is 29.5 Å². The van der Waals surface area contributed by atoms with E-state index < -0.39 is 0 Å². The van der Waals surface area contributed by atoms with E-state index >= 15 is 0 Å². The lowest BCUT2D eigenvalue weighted by molar-refractivity contribution is -0.124. The monoisotopic (exact) mass is 308 g/mol. The molecule has 21 heavy (non-hydrogen) atoms. The van der Waals surface area contributed by atoms with Crippen LogP contribution in [0.15, 0.2) is 24.3 Å². The van der Waals surface area contributed by atoms with E-state index in [4.69, 9.17) is 11.6 Å². The van der Waals surface area contributed by atoms with Gasteiger partial charge in [-0.2, -0.15) is 0 Å². The van der Waals surface area contributed by atoms with Crippen molar-refractivity contribution < 1.29 is 9.59 Å². The van der Waals surface area contributed by atoms with Crippen LogP contribution in [0.1, 0.15) is 25.0 Å². The smallest absolute Gasteiger partial charge is 0.244 e. The van der Waals surface area contributed by atoms with Gasteiger partial charge in [-0.1, -0.05) is 37.6 Å². The SMILES string of the molecule is Cc1ccc(C=CC(=O)NCCNC(=O)C(C)C)cc1Cl. The van der Waals surface area contributed by atoms with Crippen molar-refractivity contribution in [3.05, 3.63) is 40.4 Å². The maximum absolute atomic E-state index is 11.6. The lowest BCUT2D eigenvalue weighted by Gasteiger charge is -2.07. The van der Waals surface area contributed by atoms with Gasteiger partial charge in [0.15, 0.2) is 0 Å². The maximum atomic E-state index is 11.6. The summed E-state index contributed by atoms with van der Waals surface area (Å²) in [7, 11) is 0. The summed E-state index contributed by atoms with van der Waals surface area (Å²) in [5, 5.41) is 6.10. The summed E-state index contributed by atoms with van der Waals surface area (Å²) in [6, 6.07) is 5.61. The van der Waals surface area contributed by atoms with E-state index in [0.29, 0.717) is 18.1 Å². The van der Waals surface area contributed by atoms with Crippen LogP contribution >= 0.6 is 11.6 Å². The molecule has 0 aliphatic carbocycles. The molecule has 0 fully saturated rings. The molecule has 0 atom stereocenters. The number of halogens is 1. The highest BCUT2D eigenvalue weighted by Gasteiger charge is 2.05. The number of rotatable bonds is 6. The number of benzene rings is 1. The molecule has 0 aromatic heterocycles. The number of amides is 2. The van der Waals surface area contributed by atoms with Crippen LogP contribution in [0.2, 0.25) is 5.02 Å². The third-order valence-corrected chi connectivity index (χ3v) is 3.28. The fraction of sp³-hybridized carbons (Fsp3) is 0.375. The molecule has 0 unspecified atom stereocenters. The first-order valence-corrected chi connectivity index (χ1v) is 7.27. The molecule has 1 aromatic rings. The van der Waals surface area contributed by atoms with Crippen molar-refractivity contribution in [1.29, 1.82) is 0 Å². The molecule has 1 aromatic carbocycles. The van der Waals surface area contributed by atoms with Crippen molar-refractivity contribution in [2.24, 2.45) is 5.92 Å². The van der Waals surface area contributed by atoms with Crippen LogP contribution in [-0.2, 0) is 9.59 Å².